The van der Waals surface area contributed by atoms with Crippen molar-refractivity contribution in [3.8, 4) is 0 Å². The van der Waals surface area contributed by atoms with Crippen LogP contribution in [0.5, 0.6) is 0 Å². The van der Waals surface area contributed by atoms with Gasteiger partial charge in [-0.15, -0.1) is 5.10 Å². The molecule has 0 amide bonds. The van der Waals surface area contributed by atoms with Crippen LogP contribution in [0.15, 0.2) is 29.1 Å². The highest BCUT2D eigenvalue weighted by Gasteiger charge is 2.34. The molecule has 0 unspecified atom stereocenters. The standard InChI is InChI=1S/C27H38N6O/c1-3-9-25(26-29-30-31-33(26)23-12-7-8-13-23)32(22-10-5-6-11-22)18-21-17-20-16-19(4-2)14-15-24(20)28-27(21)34/h14-17,22-23,25H,3-13,18H2,1-2H3,(H,28,34)/t25-/m1/s1. The van der Waals surface area contributed by atoms with Gasteiger partial charge in [0.05, 0.1) is 12.1 Å². The summed E-state index contributed by atoms with van der Waals surface area (Å²) in [6.45, 7) is 5.03. The Hall–Kier alpha value is -2.54. The van der Waals surface area contributed by atoms with Crippen LogP contribution < -0.4 is 5.56 Å². The zero-order valence-electron chi connectivity index (χ0n) is 20.7. The minimum absolute atomic E-state index is 0.0189. The van der Waals surface area contributed by atoms with Gasteiger partial charge in [0.15, 0.2) is 5.82 Å². The summed E-state index contributed by atoms with van der Waals surface area (Å²) in [5, 5.41) is 14.3. The average Bonchev–Trinajstić information content (AvgIpc) is 3.63. The van der Waals surface area contributed by atoms with E-state index in [1.165, 1.54) is 44.1 Å². The first-order valence-electron chi connectivity index (χ1n) is 13.4. The summed E-state index contributed by atoms with van der Waals surface area (Å²) >= 11 is 0. The van der Waals surface area contributed by atoms with Crippen LogP contribution in [-0.4, -0.2) is 36.1 Å². The van der Waals surface area contributed by atoms with Gasteiger partial charge in [0, 0.05) is 23.7 Å². The molecule has 3 aromatic rings. The maximum atomic E-state index is 13.2. The van der Waals surface area contributed by atoms with Crippen molar-refractivity contribution < 1.29 is 0 Å². The van der Waals surface area contributed by atoms with Crippen LogP contribution in [0.1, 0.15) is 107 Å². The zero-order chi connectivity index (χ0) is 23.5. The number of tetrazole rings is 1. The molecule has 0 spiro atoms. The van der Waals surface area contributed by atoms with Crippen LogP contribution >= 0.6 is 0 Å². The largest absolute Gasteiger partial charge is 0.322 e. The molecule has 1 aromatic carbocycles. The minimum atomic E-state index is 0.0189. The Bertz CT molecular complexity index is 1160. The van der Waals surface area contributed by atoms with Crippen molar-refractivity contribution in [2.75, 3.05) is 0 Å². The fourth-order valence-corrected chi connectivity index (χ4v) is 6.11. The molecule has 2 aliphatic carbocycles. The molecule has 0 bridgehead atoms. The monoisotopic (exact) mass is 462 g/mol. The van der Waals surface area contributed by atoms with Crippen LogP contribution in [0, 0.1) is 0 Å². The number of benzene rings is 1. The molecule has 7 nitrogen and oxygen atoms in total. The molecule has 1 atom stereocenters. The number of nitrogens with zero attached hydrogens (tertiary/aromatic N) is 5. The summed E-state index contributed by atoms with van der Waals surface area (Å²) in [6.07, 6.45) is 12.7. The van der Waals surface area contributed by atoms with Gasteiger partial charge < -0.3 is 4.98 Å². The number of hydrogen-bond donors (Lipinski definition) is 1. The molecule has 2 fully saturated rings. The first-order valence-corrected chi connectivity index (χ1v) is 13.4. The smallest absolute Gasteiger partial charge is 0.252 e. The van der Waals surface area contributed by atoms with E-state index in [2.05, 4.69) is 62.1 Å². The number of aromatic nitrogens is 5. The van der Waals surface area contributed by atoms with Crippen LogP contribution in [0.3, 0.4) is 0 Å². The molecule has 0 radical (unpaired) electrons. The van der Waals surface area contributed by atoms with Gasteiger partial charge in [-0.3, -0.25) is 9.69 Å². The van der Waals surface area contributed by atoms with Crippen molar-refractivity contribution in [2.45, 2.75) is 109 Å². The maximum absolute atomic E-state index is 13.2. The SMILES string of the molecule is CCC[C@H](c1nnnn1C1CCCC1)N(Cc1cc2cc(CC)ccc2[nH]c1=O)C1CCCC1. The maximum Gasteiger partial charge on any atom is 0.252 e. The molecule has 0 saturated heterocycles. The molecular weight excluding hydrogens is 424 g/mol. The Labute approximate surface area is 201 Å². The highest BCUT2D eigenvalue weighted by atomic mass is 16.1. The van der Waals surface area contributed by atoms with E-state index >= 15 is 0 Å². The van der Waals surface area contributed by atoms with Gasteiger partial charge in [0.2, 0.25) is 0 Å². The van der Waals surface area contributed by atoms with Gasteiger partial charge in [-0.2, -0.15) is 0 Å². The fourth-order valence-electron chi connectivity index (χ4n) is 6.11. The summed E-state index contributed by atoms with van der Waals surface area (Å²) in [6, 6.07) is 9.44. The van der Waals surface area contributed by atoms with E-state index in [0.29, 0.717) is 18.6 Å². The van der Waals surface area contributed by atoms with E-state index in [1.54, 1.807) is 0 Å². The van der Waals surface area contributed by atoms with E-state index in [-0.39, 0.29) is 11.6 Å². The molecule has 34 heavy (non-hydrogen) atoms. The molecule has 7 heteroatoms. The number of H-pyrrole nitrogens is 1. The molecule has 2 aromatic heterocycles. The molecule has 0 aliphatic heterocycles. The summed E-state index contributed by atoms with van der Waals surface area (Å²) in [5.41, 5.74) is 3.06. The van der Waals surface area contributed by atoms with E-state index < -0.39 is 0 Å². The summed E-state index contributed by atoms with van der Waals surface area (Å²) in [7, 11) is 0. The average molecular weight is 463 g/mol. The lowest BCUT2D eigenvalue weighted by Crippen LogP contribution is -2.39. The second-order valence-corrected chi connectivity index (χ2v) is 10.2. The second-order valence-electron chi connectivity index (χ2n) is 10.2. The third-order valence-electron chi connectivity index (χ3n) is 7.99. The fraction of sp³-hybridized carbons (Fsp3) is 0.630. The van der Waals surface area contributed by atoms with Crippen LogP contribution in [0.25, 0.3) is 10.9 Å². The summed E-state index contributed by atoms with van der Waals surface area (Å²) < 4.78 is 2.12. The van der Waals surface area contributed by atoms with Gasteiger partial charge in [0.25, 0.3) is 5.56 Å². The highest BCUT2D eigenvalue weighted by Crippen LogP contribution is 2.37. The number of rotatable bonds is 9. The second kappa shape index (κ2) is 10.4. The Balaban J connectivity index is 1.53. The summed E-state index contributed by atoms with van der Waals surface area (Å²) in [4.78, 5) is 18.9. The van der Waals surface area contributed by atoms with Crippen molar-refractivity contribution in [3.63, 3.8) is 0 Å². The number of fused-ring (bicyclic) bond motifs is 1. The third-order valence-corrected chi connectivity index (χ3v) is 7.99. The van der Waals surface area contributed by atoms with Crippen molar-refractivity contribution in [2.24, 2.45) is 0 Å². The molecular formula is C27H38N6O. The third kappa shape index (κ3) is 4.67. The van der Waals surface area contributed by atoms with E-state index in [4.69, 9.17) is 0 Å². The Morgan fingerprint density at radius 3 is 2.59 bits per heavy atom. The first kappa shape index (κ1) is 23.2. The normalized spacial score (nSPS) is 18.4. The van der Waals surface area contributed by atoms with Crippen molar-refractivity contribution >= 4 is 10.9 Å². The topological polar surface area (TPSA) is 79.7 Å². The highest BCUT2D eigenvalue weighted by molar-refractivity contribution is 5.79. The van der Waals surface area contributed by atoms with Gasteiger partial charge in [-0.25, -0.2) is 4.68 Å². The van der Waals surface area contributed by atoms with Crippen molar-refractivity contribution in [3.05, 3.63) is 51.6 Å². The predicted octanol–water partition coefficient (Wildman–Crippen LogP) is 5.48. The quantitative estimate of drug-likeness (QED) is 0.456. The Morgan fingerprint density at radius 2 is 1.85 bits per heavy atom. The molecule has 2 heterocycles. The Morgan fingerprint density at radius 1 is 1.09 bits per heavy atom. The van der Waals surface area contributed by atoms with Gasteiger partial charge in [-0.1, -0.05) is 52.0 Å². The number of pyridine rings is 1. The van der Waals surface area contributed by atoms with Crippen LogP contribution in [0.4, 0.5) is 0 Å². The van der Waals surface area contributed by atoms with E-state index in [0.717, 1.165) is 54.4 Å². The number of hydrogen-bond acceptors (Lipinski definition) is 5. The lowest BCUT2D eigenvalue weighted by Gasteiger charge is -2.36. The lowest BCUT2D eigenvalue weighted by molar-refractivity contribution is 0.106. The Kier molecular flexibility index (Phi) is 7.09. The molecule has 2 saturated carbocycles. The van der Waals surface area contributed by atoms with Crippen molar-refractivity contribution in [1.29, 1.82) is 0 Å². The van der Waals surface area contributed by atoms with Gasteiger partial charge in [0.1, 0.15) is 0 Å². The molecule has 5 rings (SSSR count). The number of nitrogens with one attached hydrogen (secondary N) is 1. The van der Waals surface area contributed by atoms with Crippen LogP contribution in [0.2, 0.25) is 0 Å². The van der Waals surface area contributed by atoms with E-state index in [1.807, 2.05) is 6.07 Å². The minimum Gasteiger partial charge on any atom is -0.322 e. The molecule has 1 N–H and O–H groups in total. The predicted molar refractivity (Wildman–Crippen MR) is 135 cm³/mol. The first-order chi connectivity index (χ1) is 16.7. The van der Waals surface area contributed by atoms with Gasteiger partial charge in [-0.05, 0) is 78.1 Å². The molecule has 182 valence electrons. The van der Waals surface area contributed by atoms with Crippen LogP contribution in [-0.2, 0) is 13.0 Å². The molecule has 2 aliphatic rings. The lowest BCUT2D eigenvalue weighted by atomic mass is 10.0. The zero-order valence-corrected chi connectivity index (χ0v) is 20.7. The number of aryl methyl sites for hydroxylation is 1. The number of aromatic amines is 1. The van der Waals surface area contributed by atoms with Gasteiger partial charge >= 0.3 is 0 Å². The summed E-state index contributed by atoms with van der Waals surface area (Å²) in [5.74, 6) is 0.992. The van der Waals surface area contributed by atoms with E-state index in [9.17, 15) is 4.79 Å². The van der Waals surface area contributed by atoms with Crippen molar-refractivity contribution in [1.82, 2.24) is 30.1 Å².